The van der Waals surface area contributed by atoms with Gasteiger partial charge < -0.3 is 4.74 Å². The lowest BCUT2D eigenvalue weighted by Crippen LogP contribution is -2.37. The highest BCUT2D eigenvalue weighted by molar-refractivity contribution is 5.86. The number of halogens is 2. The monoisotopic (exact) mass is 334 g/mol. The summed E-state index contributed by atoms with van der Waals surface area (Å²) in [6, 6.07) is 6.72. The van der Waals surface area contributed by atoms with Gasteiger partial charge in [0.05, 0.1) is 6.54 Å². The van der Waals surface area contributed by atoms with Gasteiger partial charge in [-0.1, -0.05) is 6.07 Å². The summed E-state index contributed by atoms with van der Waals surface area (Å²) in [4.78, 5) is 17.9. The number of carbonyl (C=O) groups excluding carboxylic acids is 1. The van der Waals surface area contributed by atoms with Crippen LogP contribution < -0.4 is 4.90 Å². The van der Waals surface area contributed by atoms with E-state index < -0.39 is 23.3 Å². The molecule has 0 spiro atoms. The minimum Gasteiger partial charge on any atom is -0.443 e. The second-order valence-corrected chi connectivity index (χ2v) is 6.49. The Morgan fingerprint density at radius 2 is 1.92 bits per heavy atom. The number of hydrogen-bond donors (Lipinski definition) is 0. The van der Waals surface area contributed by atoms with E-state index >= 15 is 0 Å². The number of rotatable bonds is 3. The highest BCUT2D eigenvalue weighted by atomic mass is 19.1. The van der Waals surface area contributed by atoms with Crippen molar-refractivity contribution < 1.29 is 18.3 Å². The van der Waals surface area contributed by atoms with Crippen molar-refractivity contribution in [2.75, 3.05) is 4.90 Å². The zero-order valence-electron chi connectivity index (χ0n) is 14.1. The van der Waals surface area contributed by atoms with Crippen molar-refractivity contribution in [2.24, 2.45) is 0 Å². The van der Waals surface area contributed by atoms with Gasteiger partial charge in [-0.25, -0.2) is 18.6 Å². The molecule has 1 amide bonds. The molecule has 0 atom stereocenters. The number of benzene rings is 1. The van der Waals surface area contributed by atoms with Gasteiger partial charge in [0.2, 0.25) is 0 Å². The molecule has 1 aromatic carbocycles. The van der Waals surface area contributed by atoms with Crippen LogP contribution in [0.15, 0.2) is 36.5 Å². The lowest BCUT2D eigenvalue weighted by molar-refractivity contribution is 0.0576. The minimum absolute atomic E-state index is 0.114. The molecule has 1 aromatic heterocycles. The Morgan fingerprint density at radius 3 is 2.50 bits per heavy atom. The third-order valence-electron chi connectivity index (χ3n) is 3.14. The molecule has 2 aromatic rings. The summed E-state index contributed by atoms with van der Waals surface area (Å²) in [6.07, 6.45) is 0.910. The standard InChI is InChI=1S/C18H20F2N2O2/c1-12-7-8-21-16(9-12)22(17(23)24-18(2,3)4)11-13-5-6-14(19)10-15(13)20/h5-10H,11H2,1-4H3. The minimum atomic E-state index is -0.726. The fraction of sp³-hybridized carbons (Fsp3) is 0.333. The first-order valence-electron chi connectivity index (χ1n) is 7.53. The zero-order chi connectivity index (χ0) is 17.9. The van der Waals surface area contributed by atoms with Gasteiger partial charge in [0.15, 0.2) is 0 Å². The maximum absolute atomic E-state index is 14.0. The lowest BCUT2D eigenvalue weighted by Gasteiger charge is -2.27. The van der Waals surface area contributed by atoms with Crippen LogP contribution in [0.5, 0.6) is 0 Å². The molecule has 4 nitrogen and oxygen atoms in total. The van der Waals surface area contributed by atoms with Gasteiger partial charge in [0, 0.05) is 17.8 Å². The van der Waals surface area contributed by atoms with E-state index in [9.17, 15) is 13.6 Å². The molecule has 0 fully saturated rings. The summed E-state index contributed by atoms with van der Waals surface area (Å²) in [7, 11) is 0. The first-order valence-corrected chi connectivity index (χ1v) is 7.53. The van der Waals surface area contributed by atoms with Crippen LogP contribution in [0.4, 0.5) is 19.4 Å². The van der Waals surface area contributed by atoms with E-state index in [2.05, 4.69) is 4.98 Å². The van der Waals surface area contributed by atoms with E-state index in [1.54, 1.807) is 39.1 Å². The van der Waals surface area contributed by atoms with Gasteiger partial charge in [-0.15, -0.1) is 0 Å². The normalized spacial score (nSPS) is 11.2. The molecule has 128 valence electrons. The van der Waals surface area contributed by atoms with Gasteiger partial charge in [-0.3, -0.25) is 4.90 Å². The van der Waals surface area contributed by atoms with E-state index in [1.165, 1.54) is 11.0 Å². The summed E-state index contributed by atoms with van der Waals surface area (Å²) >= 11 is 0. The third-order valence-corrected chi connectivity index (χ3v) is 3.14. The summed E-state index contributed by atoms with van der Waals surface area (Å²) in [5.41, 5.74) is 0.360. The second kappa shape index (κ2) is 6.95. The molecule has 0 saturated heterocycles. The Morgan fingerprint density at radius 1 is 1.21 bits per heavy atom. The molecule has 0 radical (unpaired) electrons. The van der Waals surface area contributed by atoms with Crippen molar-refractivity contribution in [2.45, 2.75) is 39.8 Å². The smallest absolute Gasteiger partial charge is 0.416 e. The number of aryl methyl sites for hydroxylation is 1. The fourth-order valence-corrected chi connectivity index (χ4v) is 2.04. The van der Waals surface area contributed by atoms with E-state index in [1.807, 2.05) is 6.92 Å². The van der Waals surface area contributed by atoms with Crippen LogP contribution in [-0.4, -0.2) is 16.7 Å². The fourth-order valence-electron chi connectivity index (χ4n) is 2.04. The second-order valence-electron chi connectivity index (χ2n) is 6.49. The van der Waals surface area contributed by atoms with E-state index in [0.717, 1.165) is 17.7 Å². The van der Waals surface area contributed by atoms with Crippen LogP contribution in [0.3, 0.4) is 0 Å². The van der Waals surface area contributed by atoms with Gasteiger partial charge in [-0.2, -0.15) is 0 Å². The lowest BCUT2D eigenvalue weighted by atomic mass is 10.2. The van der Waals surface area contributed by atoms with Gasteiger partial charge in [0.25, 0.3) is 0 Å². The van der Waals surface area contributed by atoms with Crippen molar-refractivity contribution in [3.05, 3.63) is 59.3 Å². The average Bonchev–Trinajstić information content (AvgIpc) is 2.44. The van der Waals surface area contributed by atoms with Crippen LogP contribution in [0.25, 0.3) is 0 Å². The number of anilines is 1. The molecule has 0 unspecified atom stereocenters. The summed E-state index contributed by atoms with van der Waals surface area (Å²) < 4.78 is 32.4. The van der Waals surface area contributed by atoms with Crippen molar-refractivity contribution in [1.82, 2.24) is 4.98 Å². The van der Waals surface area contributed by atoms with Crippen LogP contribution in [0, 0.1) is 18.6 Å². The summed E-state index contributed by atoms with van der Waals surface area (Å²) in [6.45, 7) is 6.97. The first-order chi connectivity index (χ1) is 11.2. The Labute approximate surface area is 140 Å². The third kappa shape index (κ3) is 4.75. The largest absolute Gasteiger partial charge is 0.443 e. The van der Waals surface area contributed by atoms with Gasteiger partial charge >= 0.3 is 6.09 Å². The molecule has 0 bridgehead atoms. The van der Waals surface area contributed by atoms with E-state index in [-0.39, 0.29) is 12.1 Å². The number of ether oxygens (including phenoxy) is 1. The first kappa shape index (κ1) is 17.8. The van der Waals surface area contributed by atoms with Crippen LogP contribution in [-0.2, 0) is 11.3 Å². The highest BCUT2D eigenvalue weighted by Crippen LogP contribution is 2.21. The number of aromatic nitrogens is 1. The van der Waals surface area contributed by atoms with Gasteiger partial charge in [0.1, 0.15) is 23.1 Å². The topological polar surface area (TPSA) is 42.4 Å². The van der Waals surface area contributed by atoms with Crippen molar-refractivity contribution in [3.63, 3.8) is 0 Å². The van der Waals surface area contributed by atoms with Gasteiger partial charge in [-0.05, 0) is 51.5 Å². The van der Waals surface area contributed by atoms with Crippen LogP contribution in [0.2, 0.25) is 0 Å². The molecular weight excluding hydrogens is 314 g/mol. The van der Waals surface area contributed by atoms with Crippen LogP contribution >= 0.6 is 0 Å². The molecule has 1 heterocycles. The summed E-state index contributed by atoms with van der Waals surface area (Å²) in [5, 5.41) is 0. The number of pyridine rings is 1. The molecule has 24 heavy (non-hydrogen) atoms. The van der Waals surface area contributed by atoms with E-state index in [4.69, 9.17) is 4.74 Å². The molecule has 0 N–H and O–H groups in total. The molecular formula is C18H20F2N2O2. The Balaban J connectivity index is 2.37. The number of nitrogens with zero attached hydrogens (tertiary/aromatic N) is 2. The van der Waals surface area contributed by atoms with Crippen molar-refractivity contribution in [1.29, 1.82) is 0 Å². The SMILES string of the molecule is Cc1ccnc(N(Cc2ccc(F)cc2F)C(=O)OC(C)(C)C)c1. The van der Waals surface area contributed by atoms with Crippen LogP contribution in [0.1, 0.15) is 31.9 Å². The molecule has 0 aliphatic carbocycles. The molecule has 0 aliphatic rings. The number of amides is 1. The van der Waals surface area contributed by atoms with Crippen molar-refractivity contribution >= 4 is 11.9 Å². The molecule has 2 rings (SSSR count). The average molecular weight is 334 g/mol. The quantitative estimate of drug-likeness (QED) is 0.823. The predicted molar refractivity (Wildman–Crippen MR) is 87.7 cm³/mol. The Hall–Kier alpha value is -2.50. The number of carbonyl (C=O) groups is 1. The molecule has 0 aliphatic heterocycles. The zero-order valence-corrected chi connectivity index (χ0v) is 14.1. The maximum Gasteiger partial charge on any atom is 0.416 e. The summed E-state index contributed by atoms with van der Waals surface area (Å²) in [5.74, 6) is -1.06. The Bertz CT molecular complexity index is 742. The van der Waals surface area contributed by atoms with Crippen molar-refractivity contribution in [3.8, 4) is 0 Å². The highest BCUT2D eigenvalue weighted by Gasteiger charge is 2.25. The molecule has 0 saturated carbocycles. The predicted octanol–water partition coefficient (Wildman–Crippen LogP) is 4.61. The molecule has 6 heteroatoms. The number of hydrogen-bond acceptors (Lipinski definition) is 3. The maximum atomic E-state index is 14.0. The van der Waals surface area contributed by atoms with E-state index in [0.29, 0.717) is 5.82 Å². The Kier molecular flexibility index (Phi) is 5.17.